The average molecular weight is 407 g/mol. The molecule has 0 aliphatic carbocycles. The summed E-state index contributed by atoms with van der Waals surface area (Å²) in [7, 11) is -2.39. The summed E-state index contributed by atoms with van der Waals surface area (Å²) in [6.45, 7) is 3.84. The van der Waals surface area contributed by atoms with Crippen LogP contribution in [0.1, 0.15) is 16.8 Å². The van der Waals surface area contributed by atoms with E-state index in [0.29, 0.717) is 16.3 Å². The van der Waals surface area contributed by atoms with Crippen LogP contribution >= 0.6 is 11.6 Å². The molecule has 3 aromatic rings. The second-order valence-electron chi connectivity index (χ2n) is 6.04. The highest BCUT2D eigenvalue weighted by molar-refractivity contribution is 7.89. The van der Waals surface area contributed by atoms with Gasteiger partial charge >= 0.3 is 0 Å². The first-order valence-electron chi connectivity index (χ1n) is 8.17. The van der Waals surface area contributed by atoms with Crippen LogP contribution in [0.15, 0.2) is 51.9 Å². The van der Waals surface area contributed by atoms with Crippen molar-refractivity contribution in [3.8, 4) is 17.1 Å². The molecule has 0 aliphatic rings. The van der Waals surface area contributed by atoms with Gasteiger partial charge in [-0.2, -0.15) is 0 Å². The molecule has 0 fully saturated rings. The highest BCUT2D eigenvalue weighted by Crippen LogP contribution is 2.32. The zero-order chi connectivity index (χ0) is 19.6. The largest absolute Gasteiger partial charge is 0.495 e. The van der Waals surface area contributed by atoms with Gasteiger partial charge in [0.15, 0.2) is 5.76 Å². The summed E-state index contributed by atoms with van der Waals surface area (Å²) in [5.41, 5.74) is 3.02. The van der Waals surface area contributed by atoms with Crippen LogP contribution < -0.4 is 9.46 Å². The first-order chi connectivity index (χ1) is 12.8. The number of methoxy groups -OCH3 is 1. The first-order valence-corrected chi connectivity index (χ1v) is 10.0. The number of aromatic nitrogens is 1. The summed E-state index contributed by atoms with van der Waals surface area (Å²) >= 11 is 5.86. The average Bonchev–Trinajstić information content (AvgIpc) is 2.99. The Morgan fingerprint density at radius 2 is 1.85 bits per heavy atom. The van der Waals surface area contributed by atoms with Gasteiger partial charge in [0.1, 0.15) is 10.6 Å². The Morgan fingerprint density at radius 1 is 1.15 bits per heavy atom. The molecule has 3 rings (SSSR count). The van der Waals surface area contributed by atoms with Gasteiger partial charge in [-0.3, -0.25) is 0 Å². The topological polar surface area (TPSA) is 81.4 Å². The molecule has 1 aromatic heterocycles. The maximum absolute atomic E-state index is 12.9. The summed E-state index contributed by atoms with van der Waals surface area (Å²) in [5.74, 6) is 0.778. The molecule has 0 atom stereocenters. The Morgan fingerprint density at radius 3 is 2.44 bits per heavy atom. The fourth-order valence-corrected chi connectivity index (χ4v) is 3.91. The number of benzene rings is 2. The van der Waals surface area contributed by atoms with Crippen LogP contribution in [0.25, 0.3) is 11.3 Å². The standard InChI is InChI=1S/C19H19ClN2O4S/c1-12-13(2)22-26-19(12)15-6-9-17(25-3)18(10-15)27(23,24)21-11-14-4-7-16(20)8-5-14/h4-10,21H,11H2,1-3H3. The third kappa shape index (κ3) is 4.16. The van der Waals surface area contributed by atoms with Gasteiger partial charge in [-0.15, -0.1) is 0 Å². The van der Waals surface area contributed by atoms with Crippen molar-refractivity contribution in [2.45, 2.75) is 25.3 Å². The second-order valence-corrected chi connectivity index (χ2v) is 8.21. The summed E-state index contributed by atoms with van der Waals surface area (Å²) in [4.78, 5) is 0.0323. The van der Waals surface area contributed by atoms with Crippen LogP contribution in [0.4, 0.5) is 0 Å². The summed E-state index contributed by atoms with van der Waals surface area (Å²) in [6, 6.07) is 11.8. The number of hydrogen-bond donors (Lipinski definition) is 1. The Balaban J connectivity index is 1.94. The summed E-state index contributed by atoms with van der Waals surface area (Å²) in [5, 5.41) is 4.52. The molecular weight excluding hydrogens is 388 g/mol. The normalized spacial score (nSPS) is 11.6. The zero-order valence-electron chi connectivity index (χ0n) is 15.1. The first kappa shape index (κ1) is 19.4. The zero-order valence-corrected chi connectivity index (χ0v) is 16.7. The molecule has 27 heavy (non-hydrogen) atoms. The number of aryl methyl sites for hydroxylation is 1. The van der Waals surface area contributed by atoms with Gasteiger partial charge in [0.2, 0.25) is 10.0 Å². The molecule has 0 unspecified atom stereocenters. The van der Waals surface area contributed by atoms with Crippen molar-refractivity contribution in [3.05, 3.63) is 64.3 Å². The smallest absolute Gasteiger partial charge is 0.244 e. The van der Waals surface area contributed by atoms with Gasteiger partial charge in [0.05, 0.1) is 12.8 Å². The molecule has 0 saturated heterocycles. The molecule has 0 radical (unpaired) electrons. The number of nitrogens with one attached hydrogen (secondary N) is 1. The molecule has 0 spiro atoms. The molecule has 1 N–H and O–H groups in total. The van der Waals surface area contributed by atoms with Crippen molar-refractivity contribution in [1.82, 2.24) is 9.88 Å². The van der Waals surface area contributed by atoms with E-state index in [1.54, 1.807) is 36.4 Å². The lowest BCUT2D eigenvalue weighted by molar-refractivity contribution is 0.402. The fourth-order valence-electron chi connectivity index (χ4n) is 2.57. The maximum Gasteiger partial charge on any atom is 0.244 e. The monoisotopic (exact) mass is 406 g/mol. The number of ether oxygens (including phenoxy) is 1. The van der Waals surface area contributed by atoms with Crippen LogP contribution in [0, 0.1) is 13.8 Å². The number of nitrogens with zero attached hydrogens (tertiary/aromatic N) is 1. The van der Waals surface area contributed by atoms with Crippen molar-refractivity contribution in [2.24, 2.45) is 0 Å². The molecule has 6 nitrogen and oxygen atoms in total. The Labute approximate surface area is 163 Å². The summed E-state index contributed by atoms with van der Waals surface area (Å²) in [6.07, 6.45) is 0. The van der Waals surface area contributed by atoms with E-state index in [4.69, 9.17) is 20.9 Å². The van der Waals surface area contributed by atoms with Gasteiger partial charge < -0.3 is 9.26 Å². The number of sulfonamides is 1. The molecule has 8 heteroatoms. The van der Waals surface area contributed by atoms with E-state index >= 15 is 0 Å². The minimum atomic E-state index is -3.82. The lowest BCUT2D eigenvalue weighted by Gasteiger charge is -2.12. The van der Waals surface area contributed by atoms with Crippen molar-refractivity contribution in [3.63, 3.8) is 0 Å². The van der Waals surface area contributed by atoms with Crippen LogP contribution in [-0.4, -0.2) is 20.7 Å². The minimum absolute atomic E-state index is 0.0323. The minimum Gasteiger partial charge on any atom is -0.495 e. The molecule has 142 valence electrons. The number of hydrogen-bond acceptors (Lipinski definition) is 5. The quantitative estimate of drug-likeness (QED) is 0.666. The predicted octanol–water partition coefficient (Wildman–Crippen LogP) is 4.10. The maximum atomic E-state index is 12.9. The van der Waals surface area contributed by atoms with Gasteiger partial charge in [-0.05, 0) is 49.7 Å². The van der Waals surface area contributed by atoms with E-state index in [9.17, 15) is 8.42 Å². The lowest BCUT2D eigenvalue weighted by atomic mass is 10.1. The van der Waals surface area contributed by atoms with Crippen LogP contribution in [-0.2, 0) is 16.6 Å². The van der Waals surface area contributed by atoms with Crippen LogP contribution in [0.2, 0.25) is 5.02 Å². The third-order valence-corrected chi connectivity index (χ3v) is 5.93. The lowest BCUT2D eigenvalue weighted by Crippen LogP contribution is -2.23. The highest BCUT2D eigenvalue weighted by atomic mass is 35.5. The predicted molar refractivity (Wildman–Crippen MR) is 103 cm³/mol. The van der Waals surface area contributed by atoms with Crippen LogP contribution in [0.3, 0.4) is 0 Å². The summed E-state index contributed by atoms with van der Waals surface area (Å²) < 4.78 is 38.9. The van der Waals surface area contributed by atoms with Gasteiger partial charge in [-0.1, -0.05) is 28.9 Å². The Kier molecular flexibility index (Phi) is 5.55. The number of halogens is 1. The molecule has 0 saturated carbocycles. The molecule has 1 heterocycles. The molecule has 0 bridgehead atoms. The highest BCUT2D eigenvalue weighted by Gasteiger charge is 2.22. The molecule has 2 aromatic carbocycles. The van der Waals surface area contributed by atoms with E-state index in [-0.39, 0.29) is 17.2 Å². The SMILES string of the molecule is COc1ccc(-c2onc(C)c2C)cc1S(=O)(=O)NCc1ccc(Cl)cc1. The van der Waals surface area contributed by atoms with E-state index in [1.165, 1.54) is 13.2 Å². The van der Waals surface area contributed by atoms with E-state index in [0.717, 1.165) is 16.8 Å². The van der Waals surface area contributed by atoms with Crippen molar-refractivity contribution >= 4 is 21.6 Å². The Bertz CT molecular complexity index is 1060. The van der Waals surface area contributed by atoms with Gasteiger partial charge in [-0.25, -0.2) is 13.1 Å². The fraction of sp³-hybridized carbons (Fsp3) is 0.211. The van der Waals surface area contributed by atoms with Crippen LogP contribution in [0.5, 0.6) is 5.75 Å². The van der Waals surface area contributed by atoms with Crippen molar-refractivity contribution in [2.75, 3.05) is 7.11 Å². The van der Waals surface area contributed by atoms with Gasteiger partial charge in [0.25, 0.3) is 0 Å². The second kappa shape index (κ2) is 7.72. The Hall–Kier alpha value is -2.35. The molecule has 0 amide bonds. The van der Waals surface area contributed by atoms with Crippen molar-refractivity contribution < 1.29 is 17.7 Å². The van der Waals surface area contributed by atoms with E-state index in [1.807, 2.05) is 13.8 Å². The van der Waals surface area contributed by atoms with E-state index < -0.39 is 10.0 Å². The third-order valence-electron chi connectivity index (χ3n) is 4.25. The molecular formula is C19H19ClN2O4S. The van der Waals surface area contributed by atoms with Gasteiger partial charge in [0, 0.05) is 22.7 Å². The van der Waals surface area contributed by atoms with E-state index in [2.05, 4.69) is 9.88 Å². The number of rotatable bonds is 6. The molecule has 0 aliphatic heterocycles. The van der Waals surface area contributed by atoms with Crippen molar-refractivity contribution in [1.29, 1.82) is 0 Å².